The molecule has 2 heterocycles. The monoisotopic (exact) mass is 236 g/mol. The van der Waals surface area contributed by atoms with Gasteiger partial charge < -0.3 is 14.6 Å². The number of rotatable bonds is 2. The fourth-order valence-corrected chi connectivity index (χ4v) is 2.07. The van der Waals surface area contributed by atoms with Crippen molar-refractivity contribution in [1.82, 2.24) is 0 Å². The van der Waals surface area contributed by atoms with Crippen LogP contribution in [0.1, 0.15) is 13.8 Å². The van der Waals surface area contributed by atoms with Crippen LogP contribution in [-0.2, 0) is 14.3 Å². The average Bonchev–Trinajstić information content (AvgIpc) is 2.58. The molecule has 4 nitrogen and oxygen atoms in total. The molecule has 0 saturated carbocycles. The van der Waals surface area contributed by atoms with Gasteiger partial charge in [0.1, 0.15) is 18.3 Å². The predicted molar refractivity (Wildman–Crippen MR) is 62.3 cm³/mol. The summed E-state index contributed by atoms with van der Waals surface area (Å²) in [7, 11) is 0. The molecule has 2 aliphatic rings. The maximum absolute atomic E-state index is 11.6. The van der Waals surface area contributed by atoms with E-state index in [4.69, 9.17) is 9.47 Å². The number of ether oxygens (including phenoxy) is 2. The fourth-order valence-electron chi connectivity index (χ4n) is 2.07. The second kappa shape index (κ2) is 4.85. The molecule has 1 fully saturated rings. The van der Waals surface area contributed by atoms with E-state index in [1.165, 1.54) is 6.08 Å². The molecule has 0 aromatic heterocycles. The minimum absolute atomic E-state index is 0.390. The highest BCUT2D eigenvalue weighted by Gasteiger charge is 2.44. The Hall–Kier alpha value is -1.39. The zero-order valence-corrected chi connectivity index (χ0v) is 9.87. The maximum atomic E-state index is 11.6. The summed E-state index contributed by atoms with van der Waals surface area (Å²) >= 11 is 0. The molecule has 0 bridgehead atoms. The molecule has 0 spiro atoms. The number of allylic oxidation sites excluding steroid dienone is 2. The van der Waals surface area contributed by atoms with E-state index in [9.17, 15) is 9.90 Å². The largest absolute Gasteiger partial charge is 0.452 e. The summed E-state index contributed by atoms with van der Waals surface area (Å²) in [6, 6.07) is 0. The number of cyclic esters (lactones) is 1. The van der Waals surface area contributed by atoms with Gasteiger partial charge in [0.25, 0.3) is 0 Å². The predicted octanol–water partition coefficient (Wildman–Crippen LogP) is 1.12. The summed E-state index contributed by atoms with van der Waals surface area (Å²) in [4.78, 5) is 11.6. The van der Waals surface area contributed by atoms with Crippen LogP contribution in [0.4, 0.5) is 0 Å². The van der Waals surface area contributed by atoms with Gasteiger partial charge in [-0.25, -0.2) is 4.79 Å². The van der Waals surface area contributed by atoms with Gasteiger partial charge in [-0.2, -0.15) is 0 Å². The minimum atomic E-state index is -0.797. The molecule has 2 aliphatic heterocycles. The van der Waals surface area contributed by atoms with Crippen LogP contribution in [0.3, 0.4) is 0 Å². The van der Waals surface area contributed by atoms with Crippen LogP contribution in [0.25, 0.3) is 0 Å². The van der Waals surface area contributed by atoms with Gasteiger partial charge >= 0.3 is 5.97 Å². The van der Waals surface area contributed by atoms with E-state index in [-0.39, 0.29) is 6.10 Å². The third kappa shape index (κ3) is 2.18. The third-order valence-corrected chi connectivity index (χ3v) is 2.84. The Morgan fingerprint density at radius 2 is 1.88 bits per heavy atom. The molecule has 4 heteroatoms. The number of carbonyl (C=O) groups is 1. The SMILES string of the molecule is CC=C[C@H]1O[C@@H]2C(=C[C@H]1O)C(=O)O[C@H]2/C=C/C. The Morgan fingerprint density at radius 3 is 2.53 bits per heavy atom. The highest BCUT2D eigenvalue weighted by Crippen LogP contribution is 2.31. The van der Waals surface area contributed by atoms with Gasteiger partial charge in [-0.3, -0.25) is 0 Å². The summed E-state index contributed by atoms with van der Waals surface area (Å²) in [5.41, 5.74) is 0.418. The van der Waals surface area contributed by atoms with Crippen LogP contribution in [-0.4, -0.2) is 35.5 Å². The number of esters is 1. The quantitative estimate of drug-likeness (QED) is 0.576. The van der Waals surface area contributed by atoms with Crippen molar-refractivity contribution in [2.24, 2.45) is 0 Å². The lowest BCUT2D eigenvalue weighted by molar-refractivity contribution is -0.138. The number of aliphatic hydroxyl groups excluding tert-OH is 1. The zero-order valence-electron chi connectivity index (χ0n) is 9.87. The topological polar surface area (TPSA) is 55.8 Å². The molecule has 1 saturated heterocycles. The molecular formula is C13H16O4. The van der Waals surface area contributed by atoms with Crippen molar-refractivity contribution >= 4 is 5.97 Å². The first-order valence-corrected chi connectivity index (χ1v) is 5.69. The Labute approximate surface area is 100 Å². The number of hydrogen-bond donors (Lipinski definition) is 1. The summed E-state index contributed by atoms with van der Waals surface area (Å²) in [6.45, 7) is 3.71. The summed E-state index contributed by atoms with van der Waals surface area (Å²) in [5, 5.41) is 9.80. The minimum Gasteiger partial charge on any atom is -0.452 e. The molecular weight excluding hydrogens is 220 g/mol. The first-order valence-electron chi connectivity index (χ1n) is 5.69. The lowest BCUT2D eigenvalue weighted by Gasteiger charge is -2.28. The Morgan fingerprint density at radius 1 is 1.24 bits per heavy atom. The van der Waals surface area contributed by atoms with Crippen LogP contribution in [0.2, 0.25) is 0 Å². The lowest BCUT2D eigenvalue weighted by Crippen LogP contribution is -2.39. The van der Waals surface area contributed by atoms with Crippen molar-refractivity contribution < 1.29 is 19.4 Å². The molecule has 0 radical (unpaired) electrons. The molecule has 0 aromatic rings. The molecule has 0 amide bonds. The summed E-state index contributed by atoms with van der Waals surface area (Å²) in [6.07, 6.45) is 6.70. The highest BCUT2D eigenvalue weighted by molar-refractivity contribution is 5.92. The van der Waals surface area contributed by atoms with E-state index in [1.54, 1.807) is 12.2 Å². The molecule has 1 N–H and O–H groups in total. The van der Waals surface area contributed by atoms with Crippen LogP contribution in [0.5, 0.6) is 0 Å². The molecule has 0 aliphatic carbocycles. The maximum Gasteiger partial charge on any atom is 0.337 e. The molecule has 4 atom stereocenters. The first kappa shape index (κ1) is 12.1. The average molecular weight is 236 g/mol. The van der Waals surface area contributed by atoms with Gasteiger partial charge in [0, 0.05) is 0 Å². The lowest BCUT2D eigenvalue weighted by atomic mass is 9.99. The van der Waals surface area contributed by atoms with Crippen molar-refractivity contribution in [3.63, 3.8) is 0 Å². The van der Waals surface area contributed by atoms with E-state index < -0.39 is 24.3 Å². The van der Waals surface area contributed by atoms with Gasteiger partial charge in [0.15, 0.2) is 6.10 Å². The van der Waals surface area contributed by atoms with Crippen molar-refractivity contribution in [2.75, 3.05) is 0 Å². The molecule has 17 heavy (non-hydrogen) atoms. The Balaban J connectivity index is 2.27. The second-order valence-corrected chi connectivity index (χ2v) is 4.06. The summed E-state index contributed by atoms with van der Waals surface area (Å²) in [5.74, 6) is -0.406. The highest BCUT2D eigenvalue weighted by atomic mass is 16.6. The van der Waals surface area contributed by atoms with Crippen LogP contribution in [0.15, 0.2) is 36.0 Å². The smallest absolute Gasteiger partial charge is 0.337 e. The van der Waals surface area contributed by atoms with E-state index in [1.807, 2.05) is 26.0 Å². The van der Waals surface area contributed by atoms with Crippen molar-refractivity contribution in [1.29, 1.82) is 0 Å². The van der Waals surface area contributed by atoms with Crippen LogP contribution < -0.4 is 0 Å². The summed E-state index contributed by atoms with van der Waals surface area (Å²) < 4.78 is 10.9. The van der Waals surface area contributed by atoms with Crippen LogP contribution in [0, 0.1) is 0 Å². The van der Waals surface area contributed by atoms with Gasteiger partial charge in [0.2, 0.25) is 0 Å². The van der Waals surface area contributed by atoms with Gasteiger partial charge in [0.05, 0.1) is 5.57 Å². The van der Waals surface area contributed by atoms with E-state index in [2.05, 4.69) is 0 Å². The Kier molecular flexibility index (Phi) is 3.45. The van der Waals surface area contributed by atoms with Crippen molar-refractivity contribution in [3.05, 3.63) is 36.0 Å². The normalized spacial score (nSPS) is 37.4. The van der Waals surface area contributed by atoms with Gasteiger partial charge in [-0.05, 0) is 26.0 Å². The number of carbonyl (C=O) groups excluding carboxylic acids is 1. The fraction of sp³-hybridized carbons (Fsp3) is 0.462. The Bertz CT molecular complexity index is 394. The van der Waals surface area contributed by atoms with E-state index in [0.717, 1.165) is 0 Å². The van der Waals surface area contributed by atoms with Gasteiger partial charge in [-0.15, -0.1) is 0 Å². The number of fused-ring (bicyclic) bond motifs is 1. The van der Waals surface area contributed by atoms with Crippen LogP contribution >= 0.6 is 0 Å². The number of hydrogen-bond acceptors (Lipinski definition) is 4. The third-order valence-electron chi connectivity index (χ3n) is 2.84. The molecule has 92 valence electrons. The second-order valence-electron chi connectivity index (χ2n) is 4.06. The zero-order chi connectivity index (χ0) is 12.4. The molecule has 2 rings (SSSR count). The van der Waals surface area contributed by atoms with Gasteiger partial charge in [-0.1, -0.05) is 18.2 Å². The standard InChI is InChI=1S/C13H16O4/c1-3-5-10-9(14)7-8-12(16-10)11(6-4-2)17-13(8)15/h3-7,9-12,14H,1-2H3/b5-3?,6-4+/t9-,10-,11+,12-/m1/s1. The first-order chi connectivity index (χ1) is 8.17. The molecule has 0 aromatic carbocycles. The molecule has 0 unspecified atom stereocenters. The number of aliphatic hydroxyl groups is 1. The van der Waals surface area contributed by atoms with Crippen molar-refractivity contribution in [2.45, 2.75) is 38.3 Å². The van der Waals surface area contributed by atoms with Crippen molar-refractivity contribution in [3.8, 4) is 0 Å². The van der Waals surface area contributed by atoms with E-state index >= 15 is 0 Å². The van der Waals surface area contributed by atoms with E-state index in [0.29, 0.717) is 5.57 Å².